The number of hydrogen-bond donors (Lipinski definition) is 3. The molecule has 0 atom stereocenters. The van der Waals surface area contributed by atoms with E-state index in [1.54, 1.807) is 18.2 Å². The van der Waals surface area contributed by atoms with Gasteiger partial charge < -0.3 is 21.5 Å². The molecule has 6 rings (SSSR count). The van der Waals surface area contributed by atoms with Gasteiger partial charge in [0, 0.05) is 50.2 Å². The summed E-state index contributed by atoms with van der Waals surface area (Å²) in [7, 11) is 0. The van der Waals surface area contributed by atoms with Crippen molar-refractivity contribution in [3.63, 3.8) is 0 Å². The first-order chi connectivity index (χ1) is 28.5. The molecule has 61 heavy (non-hydrogen) atoms. The molecule has 12 nitrogen and oxygen atoms in total. The number of hydrogen-bond acceptors (Lipinski definition) is 9. The fraction of sp³-hybridized carbons (Fsp3) is 0.319. The summed E-state index contributed by atoms with van der Waals surface area (Å²) in [5.74, 6) is 1.86. The lowest BCUT2D eigenvalue weighted by Gasteiger charge is -2.14. The molecule has 320 valence electrons. The maximum Gasteiger partial charge on any atom is 0.267 e. The summed E-state index contributed by atoms with van der Waals surface area (Å²) >= 11 is 11.9. The van der Waals surface area contributed by atoms with Gasteiger partial charge in [-0.2, -0.15) is 15.5 Å². The Kier molecular flexibility index (Phi) is 15.9. The van der Waals surface area contributed by atoms with Gasteiger partial charge in [0.25, 0.3) is 5.91 Å². The third kappa shape index (κ3) is 14.8. The van der Waals surface area contributed by atoms with Crippen LogP contribution in [0.25, 0.3) is 0 Å². The number of carbonyl (C=O) groups excluding carboxylic acids is 2. The maximum absolute atomic E-state index is 11.3. The van der Waals surface area contributed by atoms with Gasteiger partial charge >= 0.3 is 0 Å². The molecule has 3 aromatic heterocycles. The summed E-state index contributed by atoms with van der Waals surface area (Å²) in [6, 6.07) is 33.7. The Morgan fingerprint density at radius 3 is 1.70 bits per heavy atom. The normalized spacial score (nSPS) is 11.3. The largest absolute Gasteiger partial charge is 0.439 e. The van der Waals surface area contributed by atoms with E-state index in [0.29, 0.717) is 35.6 Å². The van der Waals surface area contributed by atoms with Crippen molar-refractivity contribution < 1.29 is 14.3 Å². The number of nitrogens with two attached hydrogens (primary N) is 2. The molecule has 0 aliphatic heterocycles. The zero-order chi connectivity index (χ0) is 45.1. The molecule has 14 heteroatoms. The van der Waals surface area contributed by atoms with Crippen LogP contribution in [0.2, 0.25) is 10.0 Å². The van der Waals surface area contributed by atoms with Crippen LogP contribution >= 0.6 is 23.2 Å². The van der Waals surface area contributed by atoms with Crippen molar-refractivity contribution in [3.05, 3.63) is 141 Å². The van der Waals surface area contributed by atoms with E-state index < -0.39 is 5.91 Å². The van der Waals surface area contributed by atoms with Crippen molar-refractivity contribution in [2.24, 2.45) is 11.1 Å². The average Bonchev–Trinajstić information content (AvgIpc) is 3.77. The van der Waals surface area contributed by atoms with E-state index in [2.05, 4.69) is 63.0 Å². The van der Waals surface area contributed by atoms with E-state index in [0.717, 1.165) is 39.0 Å². The Balaban J connectivity index is 0.000000252. The Morgan fingerprint density at radius 1 is 0.738 bits per heavy atom. The number of ketones is 1. The number of carbonyl (C=O) groups is 2. The number of nitrogen functional groups attached to an aromatic ring is 1. The zero-order valence-corrected chi connectivity index (χ0v) is 37.8. The van der Waals surface area contributed by atoms with Gasteiger partial charge in [-0.15, -0.1) is 0 Å². The minimum atomic E-state index is -0.602. The number of nitrogens with one attached hydrogen (secondary N) is 1. The van der Waals surface area contributed by atoms with Gasteiger partial charge in [-0.1, -0.05) is 116 Å². The number of halogens is 2. The van der Waals surface area contributed by atoms with Crippen LogP contribution in [0.4, 0.5) is 17.3 Å². The standard InChI is InChI=1S/C26H26ClN5O2.C14H18ClN3.C7H11NO/c1-26(2,3)22-15-23(32(31-22)16-17-7-9-18(27)10-8-17)29-19-11-13-20(14-12-19)34-24-6-4-5-21(30-24)25(28)33;1-14(2,3)12-8-13(16)18(17-12)9-10-4-6-11(15)7-5-10;1-7(2,3)6(9)4-5-8/h4-15,29H,16H2,1-3H3,(H2,28,33);4-8H,9,16H2,1-3H3;4H2,1-3H3. The lowest BCUT2D eigenvalue weighted by atomic mass is 9.89. The zero-order valence-electron chi connectivity index (χ0n) is 36.3. The van der Waals surface area contributed by atoms with Crippen LogP contribution < -0.4 is 21.5 Å². The highest BCUT2D eigenvalue weighted by atomic mass is 35.5. The van der Waals surface area contributed by atoms with E-state index in [1.165, 1.54) is 0 Å². The number of benzene rings is 3. The molecule has 3 aromatic carbocycles. The average molecular weight is 865 g/mol. The highest BCUT2D eigenvalue weighted by Gasteiger charge is 2.22. The molecule has 0 fully saturated rings. The van der Waals surface area contributed by atoms with Gasteiger partial charge in [0.2, 0.25) is 5.88 Å². The molecule has 0 unspecified atom stereocenters. The van der Waals surface area contributed by atoms with Gasteiger partial charge in [0.05, 0.1) is 37.0 Å². The number of primary amides is 1. The number of amides is 1. The summed E-state index contributed by atoms with van der Waals surface area (Å²) in [5.41, 5.74) is 16.1. The van der Waals surface area contributed by atoms with Crippen LogP contribution in [-0.4, -0.2) is 36.2 Å². The van der Waals surface area contributed by atoms with Crippen LogP contribution in [0, 0.1) is 16.7 Å². The SMILES string of the molecule is CC(C)(C)C(=O)CC#N.CC(C)(C)c1cc(N)n(Cc2ccc(Cl)cc2)n1.CC(C)(C)c1cc(Nc2ccc(Oc3cccc(C(N)=O)n3)cc2)n(Cc2ccc(Cl)cc2)n1. The van der Waals surface area contributed by atoms with Crippen molar-refractivity contribution in [1.29, 1.82) is 5.26 Å². The molecule has 6 aromatic rings. The molecule has 0 saturated carbocycles. The lowest BCUT2D eigenvalue weighted by molar-refractivity contribution is -0.125. The minimum absolute atomic E-state index is 0.00463. The highest BCUT2D eigenvalue weighted by Crippen LogP contribution is 2.29. The number of pyridine rings is 1. The second-order valence-corrected chi connectivity index (χ2v) is 18.3. The molecule has 5 N–H and O–H groups in total. The lowest BCUT2D eigenvalue weighted by Crippen LogP contribution is -2.18. The van der Waals surface area contributed by atoms with Crippen molar-refractivity contribution >= 4 is 52.2 Å². The number of aromatic nitrogens is 5. The van der Waals surface area contributed by atoms with Gasteiger partial charge in [0.1, 0.15) is 23.1 Å². The number of Topliss-reactive ketones (excluding diaryl/α,β-unsaturated/α-hetero) is 1. The fourth-order valence-electron chi connectivity index (χ4n) is 5.28. The molecular formula is C47H55Cl2N9O3. The number of anilines is 3. The number of rotatable bonds is 10. The second-order valence-electron chi connectivity index (χ2n) is 17.4. The monoisotopic (exact) mass is 863 g/mol. The predicted molar refractivity (Wildman–Crippen MR) is 245 cm³/mol. The van der Waals surface area contributed by atoms with E-state index in [9.17, 15) is 9.59 Å². The van der Waals surface area contributed by atoms with Gasteiger partial charge in [-0.05, 0) is 65.7 Å². The van der Waals surface area contributed by atoms with E-state index in [-0.39, 0.29) is 34.1 Å². The first kappa shape index (κ1) is 47.5. The van der Waals surface area contributed by atoms with E-state index in [1.807, 2.05) is 115 Å². The molecule has 0 bridgehead atoms. The van der Waals surface area contributed by atoms with E-state index in [4.69, 9.17) is 49.8 Å². The summed E-state index contributed by atoms with van der Waals surface area (Å²) in [6.45, 7) is 19.5. The molecular weight excluding hydrogens is 809 g/mol. The summed E-state index contributed by atoms with van der Waals surface area (Å²) in [5, 5.41) is 22.4. The smallest absolute Gasteiger partial charge is 0.267 e. The Morgan fingerprint density at radius 2 is 1.25 bits per heavy atom. The molecule has 0 aliphatic carbocycles. The van der Waals surface area contributed by atoms with Crippen LogP contribution in [0.15, 0.2) is 103 Å². The van der Waals surface area contributed by atoms with Crippen molar-refractivity contribution in [2.45, 2.75) is 92.7 Å². The summed E-state index contributed by atoms with van der Waals surface area (Å²) < 4.78 is 9.54. The molecule has 0 radical (unpaired) electrons. The molecule has 0 spiro atoms. The third-order valence-corrected chi connectivity index (χ3v) is 9.52. The van der Waals surface area contributed by atoms with Gasteiger partial charge in [0.15, 0.2) is 5.78 Å². The third-order valence-electron chi connectivity index (χ3n) is 9.02. The number of nitrogens with zero attached hydrogens (tertiary/aromatic N) is 6. The molecule has 3 heterocycles. The Bertz CT molecular complexity index is 2430. The van der Waals surface area contributed by atoms with Gasteiger partial charge in [-0.3, -0.25) is 9.59 Å². The number of ether oxygens (including phenoxy) is 1. The predicted octanol–water partition coefficient (Wildman–Crippen LogP) is 10.9. The van der Waals surface area contributed by atoms with Crippen molar-refractivity contribution in [1.82, 2.24) is 24.5 Å². The fourth-order valence-corrected chi connectivity index (χ4v) is 5.53. The molecule has 0 aliphatic rings. The highest BCUT2D eigenvalue weighted by molar-refractivity contribution is 6.30. The van der Waals surface area contributed by atoms with Gasteiger partial charge in [-0.25, -0.2) is 14.3 Å². The van der Waals surface area contributed by atoms with Crippen LogP contribution in [0.3, 0.4) is 0 Å². The minimum Gasteiger partial charge on any atom is -0.439 e. The number of nitriles is 1. The second kappa shape index (κ2) is 20.4. The summed E-state index contributed by atoms with van der Waals surface area (Å²) in [4.78, 5) is 26.3. The van der Waals surface area contributed by atoms with Crippen molar-refractivity contribution in [2.75, 3.05) is 11.1 Å². The van der Waals surface area contributed by atoms with E-state index >= 15 is 0 Å². The molecule has 0 saturated heterocycles. The van der Waals surface area contributed by atoms with Crippen LogP contribution in [0.1, 0.15) is 102 Å². The topological polar surface area (TPSA) is 180 Å². The Labute approximate surface area is 368 Å². The first-order valence-electron chi connectivity index (χ1n) is 19.6. The maximum atomic E-state index is 11.3. The van der Waals surface area contributed by atoms with Crippen molar-refractivity contribution in [3.8, 4) is 17.7 Å². The first-order valence-corrected chi connectivity index (χ1v) is 20.4. The van der Waals surface area contributed by atoms with Crippen LogP contribution in [-0.2, 0) is 28.7 Å². The summed E-state index contributed by atoms with van der Waals surface area (Å²) in [6.07, 6.45) is 0.0312. The van der Waals surface area contributed by atoms with Crippen LogP contribution in [0.5, 0.6) is 11.6 Å². The Hall–Kier alpha value is -6.16. The molecule has 1 amide bonds. The quantitative estimate of drug-likeness (QED) is 0.121.